The lowest BCUT2D eigenvalue weighted by Crippen LogP contribution is -2.26. The molecule has 5 N–H and O–H groups in total. The van der Waals surface area contributed by atoms with Gasteiger partial charge in [-0.2, -0.15) is 0 Å². The summed E-state index contributed by atoms with van der Waals surface area (Å²) in [6.45, 7) is 4.91. The fourth-order valence-electron chi connectivity index (χ4n) is 3.52. The summed E-state index contributed by atoms with van der Waals surface area (Å²) < 4.78 is 0. The van der Waals surface area contributed by atoms with Crippen LogP contribution < -0.4 is 16.2 Å². The largest absolute Gasteiger partial charge is 0.502 e. The van der Waals surface area contributed by atoms with Gasteiger partial charge in [-0.1, -0.05) is 30.0 Å². The zero-order valence-electron chi connectivity index (χ0n) is 20.3. The number of carbonyl (C=O) groups excluding carboxylic acids is 1. The maximum atomic E-state index is 11.9. The minimum Gasteiger partial charge on any atom is -0.502 e. The molecule has 0 aliphatic rings. The Kier molecular flexibility index (Phi) is 10.2. The van der Waals surface area contributed by atoms with Crippen LogP contribution in [-0.2, 0) is 6.42 Å². The molecule has 188 valence electrons. The third kappa shape index (κ3) is 8.22. The van der Waals surface area contributed by atoms with E-state index in [1.165, 1.54) is 6.33 Å². The van der Waals surface area contributed by atoms with E-state index in [1.807, 2.05) is 24.3 Å². The molecule has 0 saturated heterocycles. The molecular weight excluding hydrogens is 468 g/mol. The van der Waals surface area contributed by atoms with Crippen LogP contribution in [0.1, 0.15) is 38.7 Å². The molecule has 0 fully saturated rings. The minimum absolute atomic E-state index is 0.108. The van der Waals surface area contributed by atoms with Crippen LogP contribution in [0.4, 0.5) is 0 Å². The van der Waals surface area contributed by atoms with Crippen molar-refractivity contribution < 1.29 is 15.0 Å². The van der Waals surface area contributed by atoms with Crippen molar-refractivity contribution in [3.05, 3.63) is 106 Å². The summed E-state index contributed by atoms with van der Waals surface area (Å²) in [5.41, 5.74) is 2.81. The van der Waals surface area contributed by atoms with Crippen molar-refractivity contribution >= 4 is 5.91 Å². The van der Waals surface area contributed by atoms with Crippen LogP contribution in [0.2, 0.25) is 0 Å². The van der Waals surface area contributed by atoms with Crippen molar-refractivity contribution in [3.63, 3.8) is 0 Å². The summed E-state index contributed by atoms with van der Waals surface area (Å²) in [5, 5.41) is 24.8. The van der Waals surface area contributed by atoms with Gasteiger partial charge in [0.05, 0.1) is 18.6 Å². The molecule has 1 atom stereocenters. The smallest absolute Gasteiger partial charge is 0.293 e. The minimum atomic E-state index is -0.565. The molecule has 3 aromatic rings. The highest BCUT2D eigenvalue weighted by molar-refractivity contribution is 5.94. The zero-order chi connectivity index (χ0) is 26.5. The van der Waals surface area contributed by atoms with E-state index < -0.39 is 5.56 Å². The number of nitrogens with one attached hydrogen (secondary N) is 3. The van der Waals surface area contributed by atoms with Crippen LogP contribution >= 0.6 is 0 Å². The van der Waals surface area contributed by atoms with Crippen molar-refractivity contribution in [2.45, 2.75) is 12.3 Å². The number of amides is 1. The average Bonchev–Trinajstić information content (AvgIpc) is 2.92. The lowest BCUT2D eigenvalue weighted by atomic mass is 9.94. The first-order chi connectivity index (χ1) is 18.0. The topological polar surface area (TPSA) is 127 Å². The first-order valence-electron chi connectivity index (χ1n) is 11.7. The summed E-state index contributed by atoms with van der Waals surface area (Å²) in [4.78, 5) is 30.3. The molecular formula is C29H28N4O4. The Labute approximate surface area is 215 Å². The van der Waals surface area contributed by atoms with E-state index in [2.05, 4.69) is 50.9 Å². The van der Waals surface area contributed by atoms with Gasteiger partial charge in [-0.25, -0.2) is 4.98 Å². The standard InChI is InChI=1S/C29H28N4O4/c1-2-15-30-19-25(26-27(35)29(37)33-20-32-26)18-23-9-7-21(8-10-23)5-3-4-6-22-11-13-24(14-12-22)28(36)31-16-17-34/h2,7-14,20,25,30,34-35H,1,15-19H2,(H,31,36)(H,32,33,37). The van der Waals surface area contributed by atoms with Gasteiger partial charge in [0, 0.05) is 42.2 Å². The second-order valence-corrected chi connectivity index (χ2v) is 8.07. The molecule has 0 spiro atoms. The number of aliphatic hydroxyl groups excluding tert-OH is 1. The molecule has 1 heterocycles. The third-order valence-corrected chi connectivity index (χ3v) is 5.38. The molecule has 8 heteroatoms. The van der Waals surface area contributed by atoms with Gasteiger partial charge in [0.1, 0.15) is 0 Å². The zero-order valence-corrected chi connectivity index (χ0v) is 20.3. The molecule has 0 aliphatic heterocycles. The van der Waals surface area contributed by atoms with E-state index in [4.69, 9.17) is 5.11 Å². The van der Waals surface area contributed by atoms with Crippen molar-refractivity contribution in [3.8, 4) is 29.4 Å². The number of hydrogen-bond acceptors (Lipinski definition) is 6. The molecule has 1 aromatic heterocycles. The van der Waals surface area contributed by atoms with E-state index in [1.54, 1.807) is 30.3 Å². The van der Waals surface area contributed by atoms with Gasteiger partial charge in [-0.3, -0.25) is 9.59 Å². The monoisotopic (exact) mass is 496 g/mol. The van der Waals surface area contributed by atoms with Crippen LogP contribution in [-0.4, -0.2) is 52.3 Å². The number of rotatable bonds is 10. The molecule has 0 aliphatic carbocycles. The summed E-state index contributed by atoms with van der Waals surface area (Å²) in [7, 11) is 0. The molecule has 1 amide bonds. The number of hydrogen-bond donors (Lipinski definition) is 5. The van der Waals surface area contributed by atoms with Gasteiger partial charge in [0.25, 0.3) is 11.5 Å². The molecule has 0 bridgehead atoms. The highest BCUT2D eigenvalue weighted by atomic mass is 16.3. The summed E-state index contributed by atoms with van der Waals surface area (Å²) >= 11 is 0. The van der Waals surface area contributed by atoms with Gasteiger partial charge >= 0.3 is 0 Å². The number of carbonyl (C=O) groups is 1. The SMILES string of the molecule is C=CCNCC(Cc1ccc(C#CC#Cc2ccc(C(=O)NCCO)cc2)cc1)c1nc[nH]c(=O)c1O. The number of benzene rings is 2. The van der Waals surface area contributed by atoms with Crippen LogP contribution in [0, 0.1) is 23.7 Å². The predicted octanol–water partition coefficient (Wildman–Crippen LogP) is 1.70. The Morgan fingerprint density at radius 3 is 2.35 bits per heavy atom. The van der Waals surface area contributed by atoms with E-state index in [9.17, 15) is 14.7 Å². The van der Waals surface area contributed by atoms with Gasteiger partial charge in [0.2, 0.25) is 5.75 Å². The average molecular weight is 497 g/mol. The van der Waals surface area contributed by atoms with Gasteiger partial charge in [0.15, 0.2) is 0 Å². The Bertz CT molecular complexity index is 1390. The quantitative estimate of drug-likeness (QED) is 0.165. The van der Waals surface area contributed by atoms with E-state index in [-0.39, 0.29) is 30.7 Å². The van der Waals surface area contributed by atoms with E-state index >= 15 is 0 Å². The van der Waals surface area contributed by atoms with Crippen LogP contribution in [0.5, 0.6) is 5.75 Å². The first kappa shape index (κ1) is 27.0. The van der Waals surface area contributed by atoms with Crippen molar-refractivity contribution in [2.75, 3.05) is 26.2 Å². The van der Waals surface area contributed by atoms with Crippen molar-refractivity contribution in [1.82, 2.24) is 20.6 Å². The lowest BCUT2D eigenvalue weighted by Gasteiger charge is -2.17. The second kappa shape index (κ2) is 14.1. The van der Waals surface area contributed by atoms with Crippen LogP contribution in [0.15, 0.2) is 72.3 Å². The number of aromatic nitrogens is 2. The fraction of sp³-hybridized carbons (Fsp3) is 0.207. The molecule has 0 saturated carbocycles. The van der Waals surface area contributed by atoms with Gasteiger partial charge < -0.3 is 25.8 Å². The molecule has 8 nitrogen and oxygen atoms in total. The predicted molar refractivity (Wildman–Crippen MR) is 142 cm³/mol. The Morgan fingerprint density at radius 1 is 1.08 bits per heavy atom. The van der Waals surface area contributed by atoms with Gasteiger partial charge in [-0.05, 0) is 60.2 Å². The van der Waals surface area contributed by atoms with E-state index in [0.717, 1.165) is 16.7 Å². The maximum absolute atomic E-state index is 11.9. The highest BCUT2D eigenvalue weighted by Gasteiger charge is 2.19. The molecule has 37 heavy (non-hydrogen) atoms. The Morgan fingerprint density at radius 2 is 1.73 bits per heavy atom. The van der Waals surface area contributed by atoms with Crippen LogP contribution in [0.25, 0.3) is 0 Å². The van der Waals surface area contributed by atoms with Gasteiger partial charge in [-0.15, -0.1) is 6.58 Å². The van der Waals surface area contributed by atoms with E-state index in [0.29, 0.717) is 30.8 Å². The molecule has 3 rings (SSSR count). The summed E-state index contributed by atoms with van der Waals surface area (Å²) in [6.07, 6.45) is 3.60. The number of H-pyrrole nitrogens is 1. The lowest BCUT2D eigenvalue weighted by molar-refractivity contribution is 0.0945. The normalized spacial score (nSPS) is 10.8. The Hall–Kier alpha value is -4.63. The number of nitrogens with zero attached hydrogens (tertiary/aromatic N) is 1. The highest BCUT2D eigenvalue weighted by Crippen LogP contribution is 2.23. The third-order valence-electron chi connectivity index (χ3n) is 5.38. The number of aliphatic hydroxyl groups is 1. The summed E-state index contributed by atoms with van der Waals surface area (Å²) in [6, 6.07) is 14.5. The van der Waals surface area contributed by atoms with Crippen LogP contribution in [0.3, 0.4) is 0 Å². The molecule has 0 radical (unpaired) electrons. The second-order valence-electron chi connectivity index (χ2n) is 8.07. The molecule has 2 aromatic carbocycles. The summed E-state index contributed by atoms with van der Waals surface area (Å²) in [5.74, 6) is 10.8. The first-order valence-corrected chi connectivity index (χ1v) is 11.7. The fourth-order valence-corrected chi connectivity index (χ4v) is 3.52. The molecule has 1 unspecified atom stereocenters. The Balaban J connectivity index is 1.64. The number of aromatic amines is 1. The van der Waals surface area contributed by atoms with Crippen molar-refractivity contribution in [2.24, 2.45) is 0 Å². The maximum Gasteiger partial charge on any atom is 0.293 e. The number of aromatic hydroxyl groups is 1. The van der Waals surface area contributed by atoms with Crippen molar-refractivity contribution in [1.29, 1.82) is 0 Å².